The van der Waals surface area contributed by atoms with Crippen LogP contribution in [0, 0.1) is 0 Å². The maximum atomic E-state index is 12.2. The summed E-state index contributed by atoms with van der Waals surface area (Å²) in [6.07, 6.45) is -4.47. The Morgan fingerprint density at radius 1 is 1.31 bits per heavy atom. The third kappa shape index (κ3) is 2.03. The maximum absolute atomic E-state index is 12.2. The molecule has 1 aromatic rings. The minimum atomic E-state index is -4.47. The van der Waals surface area contributed by atoms with E-state index in [9.17, 15) is 13.2 Å². The quantitative estimate of drug-likeness (QED) is 0.517. The average molecular weight is 228 g/mol. The normalized spacial score (nSPS) is 11.8. The second-order valence-electron chi connectivity index (χ2n) is 2.36. The Bertz CT molecular complexity index is 337. The summed E-state index contributed by atoms with van der Waals surface area (Å²) in [5.74, 6) is 0. The van der Waals surface area contributed by atoms with Gasteiger partial charge in [-0.1, -0.05) is 11.6 Å². The lowest BCUT2D eigenvalue weighted by atomic mass is 10.2. The highest BCUT2D eigenvalue weighted by Crippen LogP contribution is 2.39. The smallest absolute Gasteiger partial charge is 0.398 e. The highest BCUT2D eigenvalue weighted by molar-refractivity contribution is 7.80. The first-order chi connectivity index (χ1) is 5.84. The second kappa shape index (κ2) is 3.31. The first-order valence-corrected chi connectivity index (χ1v) is 4.00. The molecule has 0 heterocycles. The zero-order valence-corrected chi connectivity index (χ0v) is 7.84. The van der Waals surface area contributed by atoms with Crippen molar-refractivity contribution in [3.8, 4) is 0 Å². The van der Waals surface area contributed by atoms with E-state index >= 15 is 0 Å². The molecule has 0 aliphatic rings. The fraction of sp³-hybridized carbons (Fsp3) is 0.143. The molecule has 1 nitrogen and oxygen atoms in total. The Hall–Kier alpha value is -0.550. The van der Waals surface area contributed by atoms with E-state index in [1.807, 2.05) is 0 Å². The highest BCUT2D eigenvalue weighted by atomic mass is 35.5. The van der Waals surface area contributed by atoms with Crippen molar-refractivity contribution in [2.24, 2.45) is 0 Å². The van der Waals surface area contributed by atoms with Crippen LogP contribution < -0.4 is 5.73 Å². The van der Waals surface area contributed by atoms with Gasteiger partial charge in [0.05, 0.1) is 10.6 Å². The molecule has 0 aliphatic carbocycles. The van der Waals surface area contributed by atoms with Crippen LogP contribution in [0.5, 0.6) is 0 Å². The van der Waals surface area contributed by atoms with E-state index in [-0.39, 0.29) is 10.6 Å². The molecule has 0 saturated heterocycles. The topological polar surface area (TPSA) is 26.0 Å². The molecule has 0 bridgehead atoms. The molecule has 0 fully saturated rings. The Kier molecular flexibility index (Phi) is 2.68. The van der Waals surface area contributed by atoms with E-state index in [1.54, 1.807) is 0 Å². The van der Waals surface area contributed by atoms with Gasteiger partial charge in [0.25, 0.3) is 0 Å². The van der Waals surface area contributed by atoms with Gasteiger partial charge in [-0.15, -0.1) is 12.6 Å². The van der Waals surface area contributed by atoms with Crippen LogP contribution >= 0.6 is 24.2 Å². The average Bonchev–Trinajstić information content (AvgIpc) is 1.98. The van der Waals surface area contributed by atoms with Crippen molar-refractivity contribution in [1.82, 2.24) is 0 Å². The molecular weight excluding hydrogens is 223 g/mol. The van der Waals surface area contributed by atoms with Crippen molar-refractivity contribution in [3.05, 3.63) is 22.7 Å². The van der Waals surface area contributed by atoms with Crippen LogP contribution in [0.25, 0.3) is 0 Å². The van der Waals surface area contributed by atoms with Crippen molar-refractivity contribution < 1.29 is 13.2 Å². The number of nitrogens with two attached hydrogens (primary N) is 1. The number of hydrogen-bond acceptors (Lipinski definition) is 2. The fourth-order valence-corrected chi connectivity index (χ4v) is 1.27. The van der Waals surface area contributed by atoms with Crippen LogP contribution in [-0.2, 0) is 6.18 Å². The number of alkyl halides is 3. The predicted molar refractivity (Wildman–Crippen MR) is 48.1 cm³/mol. The molecule has 2 N–H and O–H groups in total. The number of thiol groups is 1. The number of hydrogen-bond donors (Lipinski definition) is 2. The lowest BCUT2D eigenvalue weighted by Gasteiger charge is -2.11. The van der Waals surface area contributed by atoms with Crippen molar-refractivity contribution >= 4 is 29.9 Å². The SMILES string of the molecule is Nc1ccc(C(F)(F)F)c(Cl)c1S. The molecule has 1 aromatic carbocycles. The first kappa shape index (κ1) is 10.5. The maximum Gasteiger partial charge on any atom is 0.417 e. The van der Waals surface area contributed by atoms with E-state index in [4.69, 9.17) is 17.3 Å². The number of rotatable bonds is 0. The second-order valence-corrected chi connectivity index (χ2v) is 3.19. The van der Waals surface area contributed by atoms with Gasteiger partial charge in [-0.05, 0) is 12.1 Å². The van der Waals surface area contributed by atoms with E-state index in [0.29, 0.717) is 0 Å². The monoisotopic (exact) mass is 227 g/mol. The van der Waals surface area contributed by atoms with Crippen LogP contribution in [0.15, 0.2) is 17.0 Å². The van der Waals surface area contributed by atoms with Gasteiger partial charge >= 0.3 is 6.18 Å². The van der Waals surface area contributed by atoms with Crippen molar-refractivity contribution in [3.63, 3.8) is 0 Å². The first-order valence-electron chi connectivity index (χ1n) is 3.18. The lowest BCUT2D eigenvalue weighted by Crippen LogP contribution is -2.06. The van der Waals surface area contributed by atoms with E-state index < -0.39 is 16.8 Å². The summed E-state index contributed by atoms with van der Waals surface area (Å²) in [4.78, 5) is -0.0449. The van der Waals surface area contributed by atoms with Crippen LogP contribution in [0.2, 0.25) is 5.02 Å². The molecule has 0 aliphatic heterocycles. The summed E-state index contributed by atoms with van der Waals surface area (Å²) < 4.78 is 36.6. The zero-order valence-electron chi connectivity index (χ0n) is 6.19. The summed E-state index contributed by atoms with van der Waals surface area (Å²) >= 11 is 9.16. The van der Waals surface area contributed by atoms with Crippen molar-refractivity contribution in [2.45, 2.75) is 11.1 Å². The van der Waals surface area contributed by atoms with E-state index in [0.717, 1.165) is 12.1 Å². The molecule has 0 radical (unpaired) electrons. The molecular formula is C7H5ClF3NS. The van der Waals surface area contributed by atoms with Crippen LogP contribution in [0.4, 0.5) is 18.9 Å². The number of anilines is 1. The van der Waals surface area contributed by atoms with E-state index in [2.05, 4.69) is 12.6 Å². The van der Waals surface area contributed by atoms with Gasteiger partial charge in [0.1, 0.15) is 0 Å². The van der Waals surface area contributed by atoms with Gasteiger partial charge in [-0.2, -0.15) is 13.2 Å². The van der Waals surface area contributed by atoms with Gasteiger partial charge in [0.15, 0.2) is 0 Å². The molecule has 13 heavy (non-hydrogen) atoms. The Labute approximate surface area is 83.1 Å². The largest absolute Gasteiger partial charge is 0.417 e. The Morgan fingerprint density at radius 3 is 2.31 bits per heavy atom. The minimum Gasteiger partial charge on any atom is -0.398 e. The summed E-state index contributed by atoms with van der Waals surface area (Å²) in [7, 11) is 0. The minimum absolute atomic E-state index is 0.0449. The number of halogens is 4. The van der Waals surface area contributed by atoms with Crippen molar-refractivity contribution in [1.29, 1.82) is 0 Å². The van der Waals surface area contributed by atoms with Gasteiger partial charge in [0, 0.05) is 10.6 Å². The molecule has 6 heteroatoms. The van der Waals surface area contributed by atoms with Gasteiger partial charge in [-0.3, -0.25) is 0 Å². The van der Waals surface area contributed by atoms with Gasteiger partial charge in [0.2, 0.25) is 0 Å². The Balaban J connectivity index is 3.35. The standard InChI is InChI=1S/C7H5ClF3NS/c8-5-3(7(9,10)11)1-2-4(12)6(5)13/h1-2,13H,12H2. The zero-order chi connectivity index (χ0) is 10.2. The summed E-state index contributed by atoms with van der Waals surface area (Å²) in [6, 6.07) is 1.95. The van der Waals surface area contributed by atoms with Gasteiger partial charge < -0.3 is 5.73 Å². The number of benzene rings is 1. The molecule has 1 rings (SSSR count). The molecule has 0 saturated carbocycles. The Morgan fingerprint density at radius 2 is 1.85 bits per heavy atom. The summed E-state index contributed by atoms with van der Waals surface area (Å²) in [5, 5.41) is -0.462. The van der Waals surface area contributed by atoms with Crippen molar-refractivity contribution in [2.75, 3.05) is 5.73 Å². The number of nitrogen functional groups attached to an aromatic ring is 1. The summed E-state index contributed by atoms with van der Waals surface area (Å²) in [6.45, 7) is 0. The highest BCUT2D eigenvalue weighted by Gasteiger charge is 2.33. The molecule has 0 aromatic heterocycles. The fourth-order valence-electron chi connectivity index (χ4n) is 0.798. The molecule has 0 amide bonds. The summed E-state index contributed by atoms with van der Waals surface area (Å²) in [5.41, 5.74) is 4.51. The predicted octanol–water partition coefficient (Wildman–Crippen LogP) is 3.23. The third-order valence-electron chi connectivity index (χ3n) is 1.45. The lowest BCUT2D eigenvalue weighted by molar-refractivity contribution is -0.137. The molecule has 0 unspecified atom stereocenters. The van der Waals surface area contributed by atoms with Gasteiger partial charge in [-0.25, -0.2) is 0 Å². The third-order valence-corrected chi connectivity index (χ3v) is 2.46. The van der Waals surface area contributed by atoms with Crippen LogP contribution in [-0.4, -0.2) is 0 Å². The molecule has 72 valence electrons. The molecule has 0 spiro atoms. The van der Waals surface area contributed by atoms with E-state index in [1.165, 1.54) is 0 Å². The van der Waals surface area contributed by atoms with Crippen LogP contribution in [0.1, 0.15) is 5.56 Å². The van der Waals surface area contributed by atoms with Crippen LogP contribution in [0.3, 0.4) is 0 Å². The molecule has 0 atom stereocenters.